The molecule has 2 rings (SSSR count). The van der Waals surface area contributed by atoms with Crippen LogP contribution in [0.1, 0.15) is 5.56 Å². The van der Waals surface area contributed by atoms with Gasteiger partial charge in [-0.2, -0.15) is 13.2 Å². The second kappa shape index (κ2) is 4.49. The number of benzene rings is 1. The van der Waals surface area contributed by atoms with Crippen LogP contribution in [0.15, 0.2) is 18.2 Å². The van der Waals surface area contributed by atoms with Gasteiger partial charge in [-0.25, -0.2) is 0 Å². The van der Waals surface area contributed by atoms with E-state index in [1.165, 1.54) is 6.07 Å². The number of hydrogen-bond acceptors (Lipinski definition) is 3. The first-order valence-corrected chi connectivity index (χ1v) is 5.38. The van der Waals surface area contributed by atoms with Crippen LogP contribution in [0.4, 0.5) is 24.5 Å². The van der Waals surface area contributed by atoms with Gasteiger partial charge in [-0.3, -0.25) is 4.79 Å². The first-order chi connectivity index (χ1) is 8.41. The Morgan fingerprint density at radius 1 is 1.39 bits per heavy atom. The Labute approximate surface area is 102 Å². The highest BCUT2D eigenvalue weighted by atomic mass is 19.4. The lowest BCUT2D eigenvalue weighted by Gasteiger charge is -2.31. The molecule has 3 N–H and O–H groups in total. The summed E-state index contributed by atoms with van der Waals surface area (Å²) < 4.78 is 37.7. The van der Waals surface area contributed by atoms with E-state index in [1.807, 2.05) is 0 Å². The lowest BCUT2D eigenvalue weighted by molar-refractivity contribution is -0.137. The van der Waals surface area contributed by atoms with Gasteiger partial charge in [-0.1, -0.05) is 0 Å². The molecule has 18 heavy (non-hydrogen) atoms. The lowest BCUT2D eigenvalue weighted by Crippen LogP contribution is -2.40. The zero-order chi connectivity index (χ0) is 13.3. The monoisotopic (exact) mass is 259 g/mol. The fourth-order valence-corrected chi connectivity index (χ4v) is 1.89. The number of nitrogens with one attached hydrogen (secondary N) is 1. The molecule has 0 radical (unpaired) electrons. The highest BCUT2D eigenvalue weighted by Gasteiger charge is 2.32. The number of anilines is 2. The first kappa shape index (κ1) is 12.7. The highest BCUT2D eigenvalue weighted by Crippen LogP contribution is 2.36. The smallest absolute Gasteiger partial charge is 0.359 e. The summed E-state index contributed by atoms with van der Waals surface area (Å²) in [6, 6.07) is 3.29. The molecule has 1 amide bonds. The zero-order valence-corrected chi connectivity index (χ0v) is 9.42. The molecule has 0 fully saturated rings. The third kappa shape index (κ3) is 2.40. The molecule has 1 aromatic rings. The molecular weight excluding hydrogens is 247 g/mol. The van der Waals surface area contributed by atoms with Crippen LogP contribution in [0.2, 0.25) is 0 Å². The van der Waals surface area contributed by atoms with E-state index in [0.717, 1.165) is 12.1 Å². The van der Waals surface area contributed by atoms with Gasteiger partial charge in [-0.05, 0) is 18.2 Å². The van der Waals surface area contributed by atoms with E-state index in [2.05, 4.69) is 5.32 Å². The fourth-order valence-electron chi connectivity index (χ4n) is 1.89. The Bertz CT molecular complexity index is 473. The summed E-state index contributed by atoms with van der Waals surface area (Å²) in [5.41, 5.74) is 5.36. The molecule has 4 nitrogen and oxygen atoms in total. The second-order valence-corrected chi connectivity index (χ2v) is 3.99. The summed E-state index contributed by atoms with van der Waals surface area (Å²) in [6.45, 7) is 0.856. The van der Waals surface area contributed by atoms with E-state index in [1.54, 1.807) is 4.90 Å². The molecule has 1 aromatic carbocycles. The van der Waals surface area contributed by atoms with Crippen LogP contribution >= 0.6 is 0 Å². The van der Waals surface area contributed by atoms with E-state index < -0.39 is 11.7 Å². The van der Waals surface area contributed by atoms with Crippen molar-refractivity contribution in [3.05, 3.63) is 23.8 Å². The normalized spacial score (nSPS) is 15.3. The van der Waals surface area contributed by atoms with Crippen molar-refractivity contribution in [2.24, 2.45) is 5.73 Å². The van der Waals surface area contributed by atoms with Gasteiger partial charge in [0, 0.05) is 13.1 Å². The highest BCUT2D eigenvalue weighted by molar-refractivity contribution is 6.01. The molecule has 0 bridgehead atoms. The SMILES string of the molecule is NCCN1CC(=O)Nc2cc(C(F)(F)F)ccc21. The molecule has 0 saturated carbocycles. The molecule has 7 heteroatoms. The third-order valence-electron chi connectivity index (χ3n) is 2.67. The average molecular weight is 259 g/mol. The summed E-state index contributed by atoms with van der Waals surface area (Å²) in [7, 11) is 0. The minimum Gasteiger partial charge on any atom is -0.359 e. The molecule has 0 atom stereocenters. The Balaban J connectivity index is 2.40. The van der Waals surface area contributed by atoms with E-state index in [0.29, 0.717) is 18.8 Å². The van der Waals surface area contributed by atoms with Gasteiger partial charge in [0.05, 0.1) is 23.5 Å². The minimum absolute atomic E-state index is 0.107. The molecular formula is C11H12F3N3O. The minimum atomic E-state index is -4.42. The van der Waals surface area contributed by atoms with Gasteiger partial charge in [0.25, 0.3) is 0 Å². The quantitative estimate of drug-likeness (QED) is 0.844. The molecule has 0 saturated heterocycles. The van der Waals surface area contributed by atoms with Crippen molar-refractivity contribution in [2.75, 3.05) is 29.9 Å². The number of nitrogens with zero attached hydrogens (tertiary/aromatic N) is 1. The summed E-state index contributed by atoms with van der Waals surface area (Å²) in [6.07, 6.45) is -4.42. The number of nitrogens with two attached hydrogens (primary N) is 1. The van der Waals surface area contributed by atoms with Crippen LogP contribution in [0, 0.1) is 0 Å². The molecule has 1 heterocycles. The van der Waals surface area contributed by atoms with Crippen molar-refractivity contribution in [1.82, 2.24) is 0 Å². The number of amides is 1. The van der Waals surface area contributed by atoms with Gasteiger partial charge in [0.15, 0.2) is 0 Å². The van der Waals surface area contributed by atoms with Crippen molar-refractivity contribution < 1.29 is 18.0 Å². The van der Waals surface area contributed by atoms with Crippen LogP contribution in [0.25, 0.3) is 0 Å². The Morgan fingerprint density at radius 3 is 2.72 bits per heavy atom. The predicted octanol–water partition coefficient (Wildman–Crippen LogP) is 1.42. The molecule has 0 aromatic heterocycles. The molecule has 98 valence electrons. The molecule has 0 unspecified atom stereocenters. The van der Waals surface area contributed by atoms with Gasteiger partial charge < -0.3 is 16.0 Å². The largest absolute Gasteiger partial charge is 0.416 e. The molecule has 1 aliphatic heterocycles. The number of halogens is 3. The lowest BCUT2D eigenvalue weighted by atomic mass is 10.1. The average Bonchev–Trinajstić information content (AvgIpc) is 2.27. The number of alkyl halides is 3. The fraction of sp³-hybridized carbons (Fsp3) is 0.364. The number of fused-ring (bicyclic) bond motifs is 1. The van der Waals surface area contributed by atoms with Crippen LogP contribution < -0.4 is 16.0 Å². The Hall–Kier alpha value is -1.76. The standard InChI is InChI=1S/C11H12F3N3O/c12-11(13,14)7-1-2-9-8(5-7)16-10(18)6-17(9)4-3-15/h1-2,5H,3-4,6,15H2,(H,16,18). The van der Waals surface area contributed by atoms with Gasteiger partial charge in [0.2, 0.25) is 5.91 Å². The predicted molar refractivity (Wildman–Crippen MR) is 61.3 cm³/mol. The van der Waals surface area contributed by atoms with Crippen LogP contribution in [0.5, 0.6) is 0 Å². The topological polar surface area (TPSA) is 58.4 Å². The Morgan fingerprint density at radius 2 is 2.11 bits per heavy atom. The molecule has 0 spiro atoms. The first-order valence-electron chi connectivity index (χ1n) is 5.38. The maximum atomic E-state index is 12.6. The summed E-state index contributed by atoms with van der Waals surface area (Å²) in [4.78, 5) is 13.1. The van der Waals surface area contributed by atoms with Crippen LogP contribution in [0.3, 0.4) is 0 Å². The van der Waals surface area contributed by atoms with Crippen molar-refractivity contribution in [2.45, 2.75) is 6.18 Å². The number of carbonyl (C=O) groups excluding carboxylic acids is 1. The van der Waals surface area contributed by atoms with E-state index in [4.69, 9.17) is 5.73 Å². The second-order valence-electron chi connectivity index (χ2n) is 3.99. The maximum absolute atomic E-state index is 12.6. The van der Waals surface area contributed by atoms with Gasteiger partial charge in [0.1, 0.15) is 0 Å². The van der Waals surface area contributed by atoms with Crippen molar-refractivity contribution in [1.29, 1.82) is 0 Å². The summed E-state index contributed by atoms with van der Waals surface area (Å²) in [5, 5.41) is 2.44. The van der Waals surface area contributed by atoms with E-state index in [-0.39, 0.29) is 18.1 Å². The van der Waals surface area contributed by atoms with E-state index >= 15 is 0 Å². The number of rotatable bonds is 2. The van der Waals surface area contributed by atoms with Crippen molar-refractivity contribution in [3.8, 4) is 0 Å². The van der Waals surface area contributed by atoms with Gasteiger partial charge in [-0.15, -0.1) is 0 Å². The van der Waals surface area contributed by atoms with Crippen molar-refractivity contribution >= 4 is 17.3 Å². The number of hydrogen-bond donors (Lipinski definition) is 2. The molecule has 1 aliphatic rings. The van der Waals surface area contributed by atoms with E-state index in [9.17, 15) is 18.0 Å². The Kier molecular flexibility index (Phi) is 3.16. The summed E-state index contributed by atoms with van der Waals surface area (Å²) >= 11 is 0. The molecule has 0 aliphatic carbocycles. The maximum Gasteiger partial charge on any atom is 0.416 e. The van der Waals surface area contributed by atoms with Crippen molar-refractivity contribution in [3.63, 3.8) is 0 Å². The number of carbonyl (C=O) groups is 1. The van der Waals surface area contributed by atoms with Crippen LogP contribution in [-0.4, -0.2) is 25.5 Å². The van der Waals surface area contributed by atoms with Gasteiger partial charge >= 0.3 is 6.18 Å². The third-order valence-corrected chi connectivity index (χ3v) is 2.67. The van der Waals surface area contributed by atoms with Crippen LogP contribution in [-0.2, 0) is 11.0 Å². The summed E-state index contributed by atoms with van der Waals surface area (Å²) in [5.74, 6) is -0.338. The zero-order valence-electron chi connectivity index (χ0n) is 9.42.